The second kappa shape index (κ2) is 9.73. The number of esters is 1. The van der Waals surface area contributed by atoms with Crippen LogP contribution in [-0.2, 0) is 14.3 Å². The number of hydrogen-bond donors (Lipinski definition) is 2. The van der Waals surface area contributed by atoms with Crippen molar-refractivity contribution in [1.29, 1.82) is 0 Å². The fourth-order valence-electron chi connectivity index (χ4n) is 3.26. The Hall–Kier alpha value is -2.35. The molecule has 0 radical (unpaired) electrons. The summed E-state index contributed by atoms with van der Waals surface area (Å²) in [4.78, 5) is 40.7. The molecule has 2 fully saturated rings. The van der Waals surface area contributed by atoms with E-state index < -0.39 is 11.2 Å². The highest BCUT2D eigenvalue weighted by molar-refractivity contribution is 8.15. The van der Waals surface area contributed by atoms with Crippen LogP contribution in [-0.4, -0.2) is 40.8 Å². The van der Waals surface area contributed by atoms with E-state index in [1.807, 2.05) is 0 Å². The van der Waals surface area contributed by atoms with Crippen molar-refractivity contribution in [3.63, 3.8) is 0 Å². The Kier molecular flexibility index (Phi) is 7.08. The molecule has 1 aromatic rings. The van der Waals surface area contributed by atoms with Crippen LogP contribution in [0.4, 0.5) is 5.69 Å². The van der Waals surface area contributed by atoms with Crippen LogP contribution in [0.3, 0.4) is 0 Å². The normalized spacial score (nSPS) is 21.4. The van der Waals surface area contributed by atoms with Crippen LogP contribution in [0.2, 0.25) is 0 Å². The third-order valence-electron chi connectivity index (χ3n) is 4.70. The summed E-state index contributed by atoms with van der Waals surface area (Å²) in [5, 5.41) is 5.72. The molecule has 1 heterocycles. The average Bonchev–Trinajstić information content (AvgIpc) is 3.02. The van der Waals surface area contributed by atoms with Gasteiger partial charge in [-0.25, -0.2) is 4.79 Å². The summed E-state index contributed by atoms with van der Waals surface area (Å²) in [6.45, 7) is 2.05. The Bertz CT molecular complexity index is 757. The molecule has 150 valence electrons. The van der Waals surface area contributed by atoms with Gasteiger partial charge in [0.2, 0.25) is 11.8 Å². The lowest BCUT2D eigenvalue weighted by atomic mass is 9.96. The number of nitrogens with one attached hydrogen (secondary N) is 2. The second-order valence-corrected chi connectivity index (χ2v) is 8.06. The predicted molar refractivity (Wildman–Crippen MR) is 109 cm³/mol. The molecule has 1 aromatic carbocycles. The zero-order valence-corrected chi connectivity index (χ0v) is 16.7. The molecule has 28 heavy (non-hydrogen) atoms. The zero-order chi connectivity index (χ0) is 19.9. The summed E-state index contributed by atoms with van der Waals surface area (Å²) in [6.07, 6.45) is 5.81. The monoisotopic (exact) mass is 403 g/mol. The Morgan fingerprint density at radius 3 is 2.61 bits per heavy atom. The van der Waals surface area contributed by atoms with Gasteiger partial charge in [0.15, 0.2) is 5.17 Å². The number of ether oxygens (including phenoxy) is 1. The molecular formula is C20H25N3O4S. The molecule has 7 nitrogen and oxygen atoms in total. The van der Waals surface area contributed by atoms with Crippen LogP contribution in [0.25, 0.3) is 0 Å². The van der Waals surface area contributed by atoms with Gasteiger partial charge in [-0.2, -0.15) is 0 Å². The number of nitrogens with zero attached hydrogens (tertiary/aromatic N) is 1. The Balaban J connectivity index is 1.51. The van der Waals surface area contributed by atoms with E-state index >= 15 is 0 Å². The summed E-state index contributed by atoms with van der Waals surface area (Å²) in [5.41, 5.74) is 0.992. The van der Waals surface area contributed by atoms with Crippen molar-refractivity contribution >= 4 is 40.4 Å². The van der Waals surface area contributed by atoms with E-state index in [9.17, 15) is 14.4 Å². The fraction of sp³-hybridized carbons (Fsp3) is 0.500. The molecular weight excluding hydrogens is 378 g/mol. The number of anilines is 1. The first-order valence-corrected chi connectivity index (χ1v) is 10.6. The number of carbonyl (C=O) groups excluding carboxylic acids is 3. The van der Waals surface area contributed by atoms with E-state index in [1.54, 1.807) is 31.2 Å². The first-order valence-electron chi connectivity index (χ1n) is 9.67. The molecule has 1 aliphatic carbocycles. The molecule has 0 aromatic heterocycles. The van der Waals surface area contributed by atoms with Crippen LogP contribution < -0.4 is 10.6 Å². The quantitative estimate of drug-likeness (QED) is 0.712. The molecule has 1 saturated heterocycles. The molecule has 2 N–H and O–H groups in total. The highest BCUT2D eigenvalue weighted by Gasteiger charge is 2.32. The maximum Gasteiger partial charge on any atom is 0.338 e. The third-order valence-corrected chi connectivity index (χ3v) is 5.80. The van der Waals surface area contributed by atoms with Gasteiger partial charge in [-0.05, 0) is 44.0 Å². The van der Waals surface area contributed by atoms with Gasteiger partial charge in [0, 0.05) is 12.1 Å². The van der Waals surface area contributed by atoms with E-state index in [2.05, 4.69) is 15.6 Å². The van der Waals surface area contributed by atoms with Gasteiger partial charge in [-0.1, -0.05) is 31.0 Å². The highest BCUT2D eigenvalue weighted by Crippen LogP contribution is 2.26. The maximum absolute atomic E-state index is 12.3. The zero-order valence-electron chi connectivity index (χ0n) is 15.9. The second-order valence-electron chi connectivity index (χ2n) is 6.87. The number of rotatable bonds is 6. The SMILES string of the molecule is CCOC(=O)c1ccc(NC(=O)CC2SC(=NC3CCCCC3)NC2=O)cc1. The van der Waals surface area contributed by atoms with Crippen molar-refractivity contribution in [1.82, 2.24) is 5.32 Å². The number of amides is 2. The largest absolute Gasteiger partial charge is 0.462 e. The number of carbonyl (C=O) groups is 3. The van der Waals surface area contributed by atoms with Crippen molar-refractivity contribution in [3.8, 4) is 0 Å². The van der Waals surface area contributed by atoms with Crippen molar-refractivity contribution in [2.75, 3.05) is 11.9 Å². The minimum atomic E-state index is -0.471. The molecule has 1 unspecified atom stereocenters. The first-order chi connectivity index (χ1) is 13.5. The van der Waals surface area contributed by atoms with Gasteiger partial charge in [-0.3, -0.25) is 14.6 Å². The van der Waals surface area contributed by atoms with Crippen LogP contribution in [0.1, 0.15) is 55.8 Å². The number of thioether (sulfide) groups is 1. The third kappa shape index (κ3) is 5.58. The highest BCUT2D eigenvalue weighted by atomic mass is 32.2. The van der Waals surface area contributed by atoms with Crippen molar-refractivity contribution in [2.45, 2.75) is 56.7 Å². The van der Waals surface area contributed by atoms with Gasteiger partial charge < -0.3 is 15.4 Å². The molecule has 1 saturated carbocycles. The van der Waals surface area contributed by atoms with Gasteiger partial charge in [-0.15, -0.1) is 0 Å². The Morgan fingerprint density at radius 1 is 1.21 bits per heavy atom. The lowest BCUT2D eigenvalue weighted by Crippen LogP contribution is -2.28. The summed E-state index contributed by atoms with van der Waals surface area (Å²) in [7, 11) is 0. The molecule has 0 bridgehead atoms. The van der Waals surface area contributed by atoms with E-state index in [0.717, 1.165) is 12.8 Å². The van der Waals surface area contributed by atoms with Crippen molar-refractivity contribution in [3.05, 3.63) is 29.8 Å². The standard InChI is InChI=1S/C20H25N3O4S/c1-2-27-19(26)13-8-10-15(11-9-13)21-17(24)12-16-18(25)23-20(28-16)22-14-6-4-3-5-7-14/h8-11,14,16H,2-7,12H2,1H3,(H,21,24)(H,22,23,25). The van der Waals surface area contributed by atoms with Gasteiger partial charge in [0.1, 0.15) is 5.25 Å². The molecule has 2 aliphatic rings. The molecule has 3 rings (SSSR count). The number of hydrogen-bond acceptors (Lipinski definition) is 6. The van der Waals surface area contributed by atoms with E-state index in [-0.39, 0.29) is 24.3 Å². The molecule has 1 atom stereocenters. The topological polar surface area (TPSA) is 96.9 Å². The molecule has 2 amide bonds. The molecule has 1 aliphatic heterocycles. The van der Waals surface area contributed by atoms with Crippen molar-refractivity contribution in [2.24, 2.45) is 4.99 Å². The van der Waals surface area contributed by atoms with Gasteiger partial charge >= 0.3 is 5.97 Å². The summed E-state index contributed by atoms with van der Waals surface area (Å²) in [5.74, 6) is -0.827. The van der Waals surface area contributed by atoms with Crippen LogP contribution >= 0.6 is 11.8 Å². The number of amidine groups is 1. The van der Waals surface area contributed by atoms with Crippen molar-refractivity contribution < 1.29 is 19.1 Å². The number of benzene rings is 1. The van der Waals surface area contributed by atoms with Crippen LogP contribution in [0.15, 0.2) is 29.3 Å². The van der Waals surface area contributed by atoms with E-state index in [1.165, 1.54) is 31.0 Å². The van der Waals surface area contributed by atoms with E-state index in [4.69, 9.17) is 4.74 Å². The van der Waals surface area contributed by atoms with Crippen LogP contribution in [0.5, 0.6) is 0 Å². The smallest absolute Gasteiger partial charge is 0.338 e. The summed E-state index contributed by atoms with van der Waals surface area (Å²) >= 11 is 1.33. The van der Waals surface area contributed by atoms with Crippen LogP contribution in [0, 0.1) is 0 Å². The van der Waals surface area contributed by atoms with Gasteiger partial charge in [0.25, 0.3) is 0 Å². The first kappa shape index (κ1) is 20.4. The maximum atomic E-state index is 12.3. The lowest BCUT2D eigenvalue weighted by molar-refractivity contribution is -0.122. The fourth-order valence-corrected chi connectivity index (χ4v) is 4.30. The summed E-state index contributed by atoms with van der Waals surface area (Å²) < 4.78 is 4.93. The summed E-state index contributed by atoms with van der Waals surface area (Å²) in [6, 6.07) is 6.75. The van der Waals surface area contributed by atoms with Gasteiger partial charge in [0.05, 0.1) is 18.2 Å². The predicted octanol–water partition coefficient (Wildman–Crippen LogP) is 3.11. The van der Waals surface area contributed by atoms with E-state index in [0.29, 0.717) is 23.0 Å². The molecule has 8 heteroatoms. The Labute approximate surface area is 168 Å². The number of aliphatic imine (C=N–C) groups is 1. The lowest BCUT2D eigenvalue weighted by Gasteiger charge is -2.17. The molecule has 0 spiro atoms. The Morgan fingerprint density at radius 2 is 1.93 bits per heavy atom. The minimum Gasteiger partial charge on any atom is -0.462 e. The minimum absolute atomic E-state index is 0.0693. The average molecular weight is 404 g/mol.